The molecule has 116 valence electrons. The number of imidazole rings is 1. The molecule has 1 saturated heterocycles. The average Bonchev–Trinajstić information content (AvgIpc) is 3.11. The van der Waals surface area contributed by atoms with E-state index in [4.69, 9.17) is 21.3 Å². The summed E-state index contributed by atoms with van der Waals surface area (Å²) in [6.07, 6.45) is 4.53. The summed E-state index contributed by atoms with van der Waals surface area (Å²) >= 11 is 6.35. The molecule has 2 atom stereocenters. The van der Waals surface area contributed by atoms with Crippen molar-refractivity contribution in [2.45, 2.75) is 57.6 Å². The van der Waals surface area contributed by atoms with Crippen LogP contribution < -0.4 is 0 Å². The summed E-state index contributed by atoms with van der Waals surface area (Å²) in [7, 11) is 1.98. The molecular weight excluding hydrogens is 288 g/mol. The molecule has 2 unspecified atom stereocenters. The highest BCUT2D eigenvalue weighted by Gasteiger charge is 2.25. The van der Waals surface area contributed by atoms with Gasteiger partial charge in [0.15, 0.2) is 5.65 Å². The standard InChI is InChI=1S/C15H23ClN4O/c1-4-6-12-13-15(19(3)18-12)20(14(17-13)10(2)16)9-11-7-5-8-21-11/h10-11H,4-9H2,1-3H3. The predicted molar refractivity (Wildman–Crippen MR) is 83.7 cm³/mol. The monoisotopic (exact) mass is 310 g/mol. The number of rotatable bonds is 5. The topological polar surface area (TPSA) is 44.9 Å². The normalized spacial score (nSPS) is 20.5. The molecule has 5 nitrogen and oxygen atoms in total. The van der Waals surface area contributed by atoms with Crippen molar-refractivity contribution in [3.8, 4) is 0 Å². The van der Waals surface area contributed by atoms with Crippen LogP contribution in [0.3, 0.4) is 0 Å². The van der Waals surface area contributed by atoms with E-state index in [9.17, 15) is 0 Å². The molecule has 0 saturated carbocycles. The van der Waals surface area contributed by atoms with Crippen LogP contribution in [0.4, 0.5) is 0 Å². The summed E-state index contributed by atoms with van der Waals surface area (Å²) in [5, 5.41) is 4.51. The third-order valence-corrected chi connectivity index (χ3v) is 4.27. The first-order valence-electron chi connectivity index (χ1n) is 7.79. The van der Waals surface area contributed by atoms with Crippen molar-refractivity contribution in [3.05, 3.63) is 11.5 Å². The van der Waals surface area contributed by atoms with Gasteiger partial charge in [-0.1, -0.05) is 13.3 Å². The fourth-order valence-corrected chi connectivity index (χ4v) is 3.31. The van der Waals surface area contributed by atoms with Gasteiger partial charge in [-0.2, -0.15) is 5.10 Å². The van der Waals surface area contributed by atoms with Gasteiger partial charge in [-0.3, -0.25) is 4.68 Å². The lowest BCUT2D eigenvalue weighted by atomic mass is 10.2. The molecule has 0 aliphatic carbocycles. The second-order valence-corrected chi connectivity index (χ2v) is 6.48. The fraction of sp³-hybridized carbons (Fsp3) is 0.733. The Balaban J connectivity index is 2.07. The molecule has 1 fully saturated rings. The van der Waals surface area contributed by atoms with Crippen LogP contribution in [0.1, 0.15) is 50.0 Å². The lowest BCUT2D eigenvalue weighted by molar-refractivity contribution is 0.0969. The van der Waals surface area contributed by atoms with Crippen LogP contribution in [0.15, 0.2) is 0 Å². The number of alkyl halides is 1. The van der Waals surface area contributed by atoms with Crippen LogP contribution >= 0.6 is 11.6 Å². The third-order valence-electron chi connectivity index (χ3n) is 4.07. The van der Waals surface area contributed by atoms with Gasteiger partial charge < -0.3 is 9.30 Å². The quantitative estimate of drug-likeness (QED) is 0.797. The fourth-order valence-electron chi connectivity index (χ4n) is 3.14. The zero-order chi connectivity index (χ0) is 15.0. The summed E-state index contributed by atoms with van der Waals surface area (Å²) in [6, 6.07) is 0. The minimum atomic E-state index is -0.117. The Morgan fingerprint density at radius 3 is 2.90 bits per heavy atom. The van der Waals surface area contributed by atoms with Crippen molar-refractivity contribution < 1.29 is 4.74 Å². The SMILES string of the molecule is CCCc1nn(C)c2c1nc(C(C)Cl)n2CC1CCCO1. The van der Waals surface area contributed by atoms with Crippen LogP contribution in [0.2, 0.25) is 0 Å². The highest BCUT2D eigenvalue weighted by atomic mass is 35.5. The molecule has 3 rings (SSSR count). The van der Waals surface area contributed by atoms with E-state index in [0.29, 0.717) is 0 Å². The van der Waals surface area contributed by atoms with E-state index >= 15 is 0 Å². The first-order chi connectivity index (χ1) is 10.1. The zero-order valence-corrected chi connectivity index (χ0v) is 13.7. The molecule has 0 bridgehead atoms. The van der Waals surface area contributed by atoms with Crippen LogP contribution in [-0.2, 0) is 24.8 Å². The molecular formula is C15H23ClN4O. The molecule has 2 aromatic heterocycles. The number of aryl methyl sites for hydroxylation is 2. The highest BCUT2D eigenvalue weighted by Crippen LogP contribution is 2.28. The van der Waals surface area contributed by atoms with E-state index in [1.54, 1.807) is 0 Å². The maximum Gasteiger partial charge on any atom is 0.158 e. The van der Waals surface area contributed by atoms with E-state index in [0.717, 1.165) is 61.5 Å². The first-order valence-corrected chi connectivity index (χ1v) is 8.23. The Hall–Kier alpha value is -1.07. The van der Waals surface area contributed by atoms with Crippen LogP contribution in [-0.4, -0.2) is 32.0 Å². The zero-order valence-electron chi connectivity index (χ0n) is 13.0. The maximum atomic E-state index is 6.35. The van der Waals surface area contributed by atoms with Crippen molar-refractivity contribution in [2.75, 3.05) is 6.61 Å². The van der Waals surface area contributed by atoms with Gasteiger partial charge in [0, 0.05) is 13.7 Å². The van der Waals surface area contributed by atoms with E-state index in [-0.39, 0.29) is 11.5 Å². The second kappa shape index (κ2) is 5.97. The summed E-state index contributed by atoms with van der Waals surface area (Å²) in [5.41, 5.74) is 3.14. The summed E-state index contributed by atoms with van der Waals surface area (Å²) in [4.78, 5) is 4.79. The summed E-state index contributed by atoms with van der Waals surface area (Å²) < 4.78 is 9.92. The number of ether oxygens (including phenoxy) is 1. The second-order valence-electron chi connectivity index (χ2n) is 5.82. The van der Waals surface area contributed by atoms with Crippen molar-refractivity contribution in [1.29, 1.82) is 0 Å². The van der Waals surface area contributed by atoms with Gasteiger partial charge in [0.05, 0.1) is 23.7 Å². The van der Waals surface area contributed by atoms with Gasteiger partial charge in [-0.15, -0.1) is 11.6 Å². The smallest absolute Gasteiger partial charge is 0.158 e. The molecule has 0 spiro atoms. The van der Waals surface area contributed by atoms with Crippen molar-refractivity contribution >= 4 is 22.8 Å². The lowest BCUT2D eigenvalue weighted by Gasteiger charge is -2.15. The van der Waals surface area contributed by atoms with E-state index < -0.39 is 0 Å². The lowest BCUT2D eigenvalue weighted by Crippen LogP contribution is -2.18. The Morgan fingerprint density at radius 1 is 1.48 bits per heavy atom. The van der Waals surface area contributed by atoms with E-state index in [1.807, 2.05) is 18.7 Å². The minimum absolute atomic E-state index is 0.117. The van der Waals surface area contributed by atoms with Gasteiger partial charge in [0.2, 0.25) is 0 Å². The average molecular weight is 311 g/mol. The van der Waals surface area contributed by atoms with E-state index in [2.05, 4.69) is 16.6 Å². The van der Waals surface area contributed by atoms with Crippen LogP contribution in [0.25, 0.3) is 11.2 Å². The van der Waals surface area contributed by atoms with Gasteiger partial charge in [0.25, 0.3) is 0 Å². The molecule has 0 radical (unpaired) electrons. The number of nitrogens with zero attached hydrogens (tertiary/aromatic N) is 4. The van der Waals surface area contributed by atoms with Gasteiger partial charge >= 0.3 is 0 Å². The Bertz CT molecular complexity index is 625. The van der Waals surface area contributed by atoms with Crippen LogP contribution in [0, 0.1) is 0 Å². The van der Waals surface area contributed by atoms with Crippen LogP contribution in [0.5, 0.6) is 0 Å². The number of halogens is 1. The molecule has 21 heavy (non-hydrogen) atoms. The molecule has 0 N–H and O–H groups in total. The number of hydrogen-bond donors (Lipinski definition) is 0. The molecule has 2 aromatic rings. The maximum absolute atomic E-state index is 6.35. The van der Waals surface area contributed by atoms with Gasteiger partial charge in [0.1, 0.15) is 11.3 Å². The highest BCUT2D eigenvalue weighted by molar-refractivity contribution is 6.20. The largest absolute Gasteiger partial charge is 0.376 e. The van der Waals surface area contributed by atoms with Crippen molar-refractivity contribution in [1.82, 2.24) is 19.3 Å². The van der Waals surface area contributed by atoms with Crippen molar-refractivity contribution in [2.24, 2.45) is 7.05 Å². The molecule has 1 aliphatic rings. The molecule has 0 aromatic carbocycles. The number of aromatic nitrogens is 4. The molecule has 1 aliphatic heterocycles. The molecule has 0 amide bonds. The number of hydrogen-bond acceptors (Lipinski definition) is 3. The third kappa shape index (κ3) is 2.69. The molecule has 6 heteroatoms. The van der Waals surface area contributed by atoms with Gasteiger partial charge in [-0.25, -0.2) is 4.98 Å². The summed E-state index contributed by atoms with van der Waals surface area (Å²) in [5.74, 6) is 0.924. The Kier molecular flexibility index (Phi) is 4.22. The first kappa shape index (κ1) is 14.9. The number of fused-ring (bicyclic) bond motifs is 1. The summed E-state index contributed by atoms with van der Waals surface area (Å²) in [6.45, 7) is 5.81. The minimum Gasteiger partial charge on any atom is -0.376 e. The van der Waals surface area contributed by atoms with E-state index in [1.165, 1.54) is 0 Å². The predicted octanol–water partition coefficient (Wildman–Crippen LogP) is 3.20. The van der Waals surface area contributed by atoms with Gasteiger partial charge in [-0.05, 0) is 26.2 Å². The Morgan fingerprint density at radius 2 is 2.29 bits per heavy atom. The Labute approximate surface area is 130 Å². The molecule has 3 heterocycles. The van der Waals surface area contributed by atoms with Crippen molar-refractivity contribution in [3.63, 3.8) is 0 Å².